The van der Waals surface area contributed by atoms with Gasteiger partial charge in [0.25, 0.3) is 0 Å². The average Bonchev–Trinajstić information content (AvgIpc) is 2.66. The molecular formula is C15H31N3O2. The predicted molar refractivity (Wildman–Crippen MR) is 81.4 cm³/mol. The molecule has 0 aromatic rings. The largest absolute Gasteiger partial charge is 0.391 e. The van der Waals surface area contributed by atoms with Crippen molar-refractivity contribution in [3.63, 3.8) is 0 Å². The number of rotatable bonds is 7. The van der Waals surface area contributed by atoms with E-state index < -0.39 is 0 Å². The monoisotopic (exact) mass is 285 g/mol. The molecule has 0 saturated carbocycles. The number of aliphatic hydroxyl groups excluding tert-OH is 1. The zero-order chi connectivity index (χ0) is 15.3. The normalized spacial score (nSPS) is 23.6. The summed E-state index contributed by atoms with van der Waals surface area (Å²) in [6, 6.07) is 0.144. The van der Waals surface area contributed by atoms with Crippen LogP contribution in [0.3, 0.4) is 0 Å². The van der Waals surface area contributed by atoms with E-state index in [1.54, 1.807) is 0 Å². The van der Waals surface area contributed by atoms with Crippen LogP contribution in [0.25, 0.3) is 0 Å². The fourth-order valence-electron chi connectivity index (χ4n) is 2.90. The van der Waals surface area contributed by atoms with Gasteiger partial charge in [-0.3, -0.25) is 4.79 Å². The number of likely N-dealkylation sites (tertiary alicyclic amines) is 1. The number of carbonyl (C=O) groups excluding carboxylic acids is 1. The maximum atomic E-state index is 12.4. The number of hydrogen-bond donors (Lipinski definition) is 2. The number of nitrogens with zero attached hydrogens (tertiary/aromatic N) is 2. The van der Waals surface area contributed by atoms with Crippen LogP contribution >= 0.6 is 0 Å². The number of β-amino-alcohol motifs (C(OH)–C–C–N with tert-alkyl or cyclic N) is 1. The highest BCUT2D eigenvalue weighted by Gasteiger charge is 2.34. The maximum absolute atomic E-state index is 12.4. The van der Waals surface area contributed by atoms with Gasteiger partial charge in [-0.25, -0.2) is 0 Å². The standard InChI is InChI=1S/C15H31N3O2/c1-15(2,7-8-16)6-5-14(20)18-11-13(19)9-12(18)10-17(3)4/h12-13,19H,5-11,16H2,1-4H3. The molecule has 3 N–H and O–H groups in total. The van der Waals surface area contributed by atoms with Gasteiger partial charge in [-0.05, 0) is 45.3 Å². The molecule has 0 aliphatic carbocycles. The van der Waals surface area contributed by atoms with E-state index in [0.29, 0.717) is 25.9 Å². The van der Waals surface area contributed by atoms with E-state index in [1.807, 2.05) is 19.0 Å². The Labute approximate surface area is 123 Å². The lowest BCUT2D eigenvalue weighted by Crippen LogP contribution is -2.41. The topological polar surface area (TPSA) is 69.8 Å². The second-order valence-electron chi connectivity index (χ2n) is 7.05. The van der Waals surface area contributed by atoms with E-state index in [0.717, 1.165) is 19.4 Å². The minimum atomic E-state index is -0.374. The number of nitrogens with two attached hydrogens (primary N) is 1. The van der Waals surface area contributed by atoms with E-state index in [2.05, 4.69) is 18.7 Å². The Hall–Kier alpha value is -0.650. The van der Waals surface area contributed by atoms with E-state index in [-0.39, 0.29) is 23.5 Å². The van der Waals surface area contributed by atoms with Gasteiger partial charge in [0.2, 0.25) is 5.91 Å². The summed E-state index contributed by atoms with van der Waals surface area (Å²) < 4.78 is 0. The summed E-state index contributed by atoms with van der Waals surface area (Å²) in [4.78, 5) is 16.3. The summed E-state index contributed by atoms with van der Waals surface area (Å²) >= 11 is 0. The average molecular weight is 285 g/mol. The number of carbonyl (C=O) groups is 1. The van der Waals surface area contributed by atoms with Crippen LogP contribution in [0.15, 0.2) is 0 Å². The smallest absolute Gasteiger partial charge is 0.222 e. The molecule has 2 atom stereocenters. The van der Waals surface area contributed by atoms with Crippen LogP contribution in [0.5, 0.6) is 0 Å². The van der Waals surface area contributed by atoms with Crippen molar-refractivity contribution in [3.8, 4) is 0 Å². The van der Waals surface area contributed by atoms with Crippen LogP contribution < -0.4 is 5.73 Å². The lowest BCUT2D eigenvalue weighted by Gasteiger charge is -2.29. The molecule has 0 bridgehead atoms. The summed E-state index contributed by atoms with van der Waals surface area (Å²) in [7, 11) is 4.00. The molecule has 1 aliphatic heterocycles. The molecule has 20 heavy (non-hydrogen) atoms. The van der Waals surface area contributed by atoms with Gasteiger partial charge in [0.15, 0.2) is 0 Å². The van der Waals surface area contributed by atoms with E-state index in [1.165, 1.54) is 0 Å². The van der Waals surface area contributed by atoms with Gasteiger partial charge in [-0.1, -0.05) is 13.8 Å². The van der Waals surface area contributed by atoms with Crippen molar-refractivity contribution in [2.75, 3.05) is 33.7 Å². The number of amides is 1. The van der Waals surface area contributed by atoms with Gasteiger partial charge in [0.1, 0.15) is 0 Å². The van der Waals surface area contributed by atoms with Crippen molar-refractivity contribution in [1.82, 2.24) is 9.80 Å². The molecule has 1 rings (SSSR count). The van der Waals surface area contributed by atoms with Crippen molar-refractivity contribution >= 4 is 5.91 Å². The third kappa shape index (κ3) is 5.38. The first-order valence-corrected chi connectivity index (χ1v) is 7.57. The zero-order valence-corrected chi connectivity index (χ0v) is 13.4. The second kappa shape index (κ2) is 7.38. The first-order chi connectivity index (χ1) is 9.25. The molecule has 0 radical (unpaired) electrons. The van der Waals surface area contributed by atoms with Crippen LogP contribution in [0.1, 0.15) is 39.5 Å². The highest BCUT2D eigenvalue weighted by atomic mass is 16.3. The lowest BCUT2D eigenvalue weighted by atomic mass is 9.84. The molecule has 118 valence electrons. The van der Waals surface area contributed by atoms with Crippen LogP contribution in [0, 0.1) is 5.41 Å². The SMILES string of the molecule is CN(C)CC1CC(O)CN1C(=O)CCC(C)(C)CCN. The molecule has 1 saturated heterocycles. The molecule has 0 aromatic heterocycles. The highest BCUT2D eigenvalue weighted by molar-refractivity contribution is 5.77. The van der Waals surface area contributed by atoms with E-state index in [4.69, 9.17) is 5.73 Å². The Balaban J connectivity index is 2.52. The quantitative estimate of drug-likeness (QED) is 0.721. The number of hydrogen-bond acceptors (Lipinski definition) is 4. The summed E-state index contributed by atoms with van der Waals surface area (Å²) in [5.74, 6) is 0.165. The number of likely N-dealkylation sites (N-methyl/N-ethyl adjacent to an activating group) is 1. The Kier molecular flexibility index (Phi) is 6.43. The zero-order valence-electron chi connectivity index (χ0n) is 13.4. The van der Waals surface area contributed by atoms with Gasteiger partial charge in [-0.2, -0.15) is 0 Å². The van der Waals surface area contributed by atoms with Gasteiger partial charge >= 0.3 is 0 Å². The number of aliphatic hydroxyl groups is 1. The summed E-state index contributed by atoms with van der Waals surface area (Å²) in [6.45, 7) is 6.27. The highest BCUT2D eigenvalue weighted by Crippen LogP contribution is 2.27. The second-order valence-corrected chi connectivity index (χ2v) is 7.05. The van der Waals surface area contributed by atoms with Crippen molar-refractivity contribution < 1.29 is 9.90 Å². The molecule has 0 spiro atoms. The molecule has 5 nitrogen and oxygen atoms in total. The van der Waals surface area contributed by atoms with Crippen molar-refractivity contribution in [2.45, 2.75) is 51.7 Å². The summed E-state index contributed by atoms with van der Waals surface area (Å²) in [5.41, 5.74) is 5.72. The predicted octanol–water partition coefficient (Wildman–Crippen LogP) is 0.665. The van der Waals surface area contributed by atoms with Gasteiger partial charge in [0.05, 0.1) is 6.10 Å². The Morgan fingerprint density at radius 2 is 2.05 bits per heavy atom. The first-order valence-electron chi connectivity index (χ1n) is 7.57. The van der Waals surface area contributed by atoms with Gasteiger partial charge in [0, 0.05) is 25.6 Å². The van der Waals surface area contributed by atoms with Crippen LogP contribution in [0.2, 0.25) is 0 Å². The Bertz CT molecular complexity index is 318. The molecule has 0 aromatic carbocycles. The summed E-state index contributed by atoms with van der Waals surface area (Å²) in [5, 5.41) is 9.82. The third-order valence-electron chi connectivity index (χ3n) is 4.13. The van der Waals surface area contributed by atoms with Crippen molar-refractivity contribution in [3.05, 3.63) is 0 Å². The molecule has 1 fully saturated rings. The molecule has 5 heteroatoms. The fraction of sp³-hybridized carbons (Fsp3) is 0.933. The molecule has 2 unspecified atom stereocenters. The van der Waals surface area contributed by atoms with Crippen LogP contribution in [0.4, 0.5) is 0 Å². The first kappa shape index (κ1) is 17.4. The molecule has 1 amide bonds. The molecular weight excluding hydrogens is 254 g/mol. The summed E-state index contributed by atoms with van der Waals surface area (Å²) in [6.07, 6.45) is 2.65. The van der Waals surface area contributed by atoms with Crippen LogP contribution in [-0.4, -0.2) is 66.7 Å². The Morgan fingerprint density at radius 1 is 1.40 bits per heavy atom. The fourth-order valence-corrected chi connectivity index (χ4v) is 2.90. The lowest BCUT2D eigenvalue weighted by molar-refractivity contribution is -0.133. The molecule has 1 aliphatic rings. The van der Waals surface area contributed by atoms with Gasteiger partial charge < -0.3 is 20.6 Å². The van der Waals surface area contributed by atoms with E-state index >= 15 is 0 Å². The molecule has 1 heterocycles. The van der Waals surface area contributed by atoms with Crippen molar-refractivity contribution in [1.29, 1.82) is 0 Å². The minimum absolute atomic E-state index is 0.111. The minimum Gasteiger partial charge on any atom is -0.391 e. The van der Waals surface area contributed by atoms with Crippen molar-refractivity contribution in [2.24, 2.45) is 11.1 Å². The van der Waals surface area contributed by atoms with E-state index in [9.17, 15) is 9.90 Å². The van der Waals surface area contributed by atoms with Gasteiger partial charge in [-0.15, -0.1) is 0 Å². The van der Waals surface area contributed by atoms with Crippen LogP contribution in [-0.2, 0) is 4.79 Å². The maximum Gasteiger partial charge on any atom is 0.222 e. The Morgan fingerprint density at radius 3 is 2.60 bits per heavy atom. The third-order valence-corrected chi connectivity index (χ3v) is 4.13.